The molecule has 0 aliphatic rings. The van der Waals surface area contributed by atoms with E-state index in [4.69, 9.17) is 5.73 Å². The fraction of sp³-hybridized carbons (Fsp3) is 0.0714. The van der Waals surface area contributed by atoms with Crippen LogP contribution in [0.25, 0.3) is 17.2 Å². The van der Waals surface area contributed by atoms with E-state index >= 15 is 0 Å². The first kappa shape index (κ1) is 14.4. The van der Waals surface area contributed by atoms with Crippen LogP contribution in [0, 0.1) is 0 Å². The summed E-state index contributed by atoms with van der Waals surface area (Å²) in [6.45, 7) is 1.44. The van der Waals surface area contributed by atoms with E-state index in [2.05, 4.69) is 25.4 Å². The molecule has 0 atom stereocenters. The number of anilines is 2. The highest BCUT2D eigenvalue weighted by Gasteiger charge is 2.10. The Hall–Kier alpha value is -3.49. The third kappa shape index (κ3) is 3.07. The molecule has 0 unspecified atom stereocenters. The zero-order valence-electron chi connectivity index (χ0n) is 12.1. The number of amides is 1. The molecule has 0 aliphatic carbocycles. The number of aromatic nitrogens is 5. The first-order valence-electron chi connectivity index (χ1n) is 6.68. The summed E-state index contributed by atoms with van der Waals surface area (Å²) in [5.74, 6) is 0.364. The van der Waals surface area contributed by atoms with Crippen LogP contribution in [-0.2, 0) is 4.79 Å². The molecule has 0 bridgehead atoms. The fourth-order valence-corrected chi connectivity index (χ4v) is 2.04. The predicted octanol–water partition coefficient (Wildman–Crippen LogP) is 0.558. The highest BCUT2D eigenvalue weighted by molar-refractivity contribution is 5.88. The summed E-state index contributed by atoms with van der Waals surface area (Å²) in [5.41, 5.74) is 7.48. The normalized spacial score (nSPS) is 10.5. The average Bonchev–Trinajstić information content (AvgIpc) is 2.89. The minimum atomic E-state index is -0.536. The number of carbonyl (C=O) groups is 1. The van der Waals surface area contributed by atoms with Gasteiger partial charge in [-0.15, -0.1) is 0 Å². The zero-order chi connectivity index (χ0) is 16.4. The van der Waals surface area contributed by atoms with Gasteiger partial charge in [-0.05, 0) is 12.1 Å². The Bertz CT molecular complexity index is 911. The summed E-state index contributed by atoms with van der Waals surface area (Å²) in [6, 6.07) is 8.80. The van der Waals surface area contributed by atoms with E-state index in [9.17, 15) is 9.59 Å². The van der Waals surface area contributed by atoms with Gasteiger partial charge < -0.3 is 11.1 Å². The van der Waals surface area contributed by atoms with E-state index in [1.54, 1.807) is 30.3 Å². The van der Waals surface area contributed by atoms with Crippen molar-refractivity contribution in [2.45, 2.75) is 6.92 Å². The van der Waals surface area contributed by atoms with Gasteiger partial charge in [0.1, 0.15) is 12.1 Å². The average molecular weight is 311 g/mol. The van der Waals surface area contributed by atoms with Crippen LogP contribution in [0.2, 0.25) is 0 Å². The Morgan fingerprint density at radius 3 is 2.65 bits per heavy atom. The summed E-state index contributed by atoms with van der Waals surface area (Å²) < 4.78 is 1.32. The van der Waals surface area contributed by atoms with E-state index in [-0.39, 0.29) is 11.9 Å². The number of rotatable bonds is 3. The van der Waals surface area contributed by atoms with Gasteiger partial charge >= 0.3 is 5.69 Å². The van der Waals surface area contributed by atoms with Crippen LogP contribution in [0.4, 0.5) is 11.5 Å². The number of carbonyl (C=O) groups excluding carboxylic acids is 1. The monoisotopic (exact) mass is 311 g/mol. The van der Waals surface area contributed by atoms with Gasteiger partial charge in [-0.1, -0.05) is 12.1 Å². The quantitative estimate of drug-likeness (QED) is 0.647. The number of nitrogens with two attached hydrogens (primary N) is 1. The van der Waals surface area contributed by atoms with Crippen LogP contribution in [0.15, 0.2) is 41.5 Å². The number of nitrogens with zero attached hydrogens (tertiary/aromatic N) is 4. The first-order chi connectivity index (χ1) is 11.0. The second-order valence-electron chi connectivity index (χ2n) is 4.75. The third-order valence-electron chi connectivity index (χ3n) is 3.01. The zero-order valence-corrected chi connectivity index (χ0v) is 12.1. The van der Waals surface area contributed by atoms with Gasteiger partial charge in [0.15, 0.2) is 0 Å². The van der Waals surface area contributed by atoms with Gasteiger partial charge in [-0.3, -0.25) is 9.78 Å². The molecule has 1 aromatic carbocycles. The molecule has 0 radical (unpaired) electrons. The predicted molar refractivity (Wildman–Crippen MR) is 83.9 cm³/mol. The summed E-state index contributed by atoms with van der Waals surface area (Å²) >= 11 is 0. The molecule has 9 heteroatoms. The van der Waals surface area contributed by atoms with Crippen LogP contribution in [0.1, 0.15) is 6.92 Å². The maximum Gasteiger partial charge on any atom is 0.349 e. The second kappa shape index (κ2) is 5.72. The van der Waals surface area contributed by atoms with Crippen molar-refractivity contribution >= 4 is 17.4 Å². The molecule has 2 heterocycles. The molecule has 0 saturated carbocycles. The third-order valence-corrected chi connectivity index (χ3v) is 3.01. The molecule has 0 fully saturated rings. The van der Waals surface area contributed by atoms with Crippen molar-refractivity contribution in [2.75, 3.05) is 11.1 Å². The van der Waals surface area contributed by atoms with E-state index in [1.807, 2.05) is 0 Å². The Labute approximate surface area is 130 Å². The number of nitrogen functional groups attached to an aromatic ring is 1. The molecular formula is C14H13N7O2. The van der Waals surface area contributed by atoms with E-state index in [1.165, 1.54) is 11.6 Å². The summed E-state index contributed by atoms with van der Waals surface area (Å²) in [4.78, 5) is 32.1. The second-order valence-corrected chi connectivity index (χ2v) is 4.75. The molecule has 23 heavy (non-hydrogen) atoms. The number of benzene rings is 1. The largest absolute Gasteiger partial charge is 0.383 e. The van der Waals surface area contributed by atoms with Crippen molar-refractivity contribution < 1.29 is 4.79 Å². The van der Waals surface area contributed by atoms with Crippen LogP contribution in [-0.4, -0.2) is 30.6 Å². The topological polar surface area (TPSA) is 132 Å². The molecule has 0 saturated heterocycles. The van der Waals surface area contributed by atoms with E-state index in [0.717, 1.165) is 11.9 Å². The lowest BCUT2D eigenvalue weighted by Gasteiger charge is -2.03. The number of nitrogens with one attached hydrogen (secondary N) is 2. The Morgan fingerprint density at radius 1 is 1.26 bits per heavy atom. The molecule has 4 N–H and O–H groups in total. The molecule has 2 aromatic heterocycles. The van der Waals surface area contributed by atoms with Crippen molar-refractivity contribution in [1.29, 1.82) is 0 Å². The van der Waals surface area contributed by atoms with Crippen LogP contribution < -0.4 is 16.7 Å². The minimum Gasteiger partial charge on any atom is -0.383 e. The molecule has 0 spiro atoms. The van der Waals surface area contributed by atoms with Gasteiger partial charge in [0.05, 0.1) is 5.69 Å². The van der Waals surface area contributed by atoms with Crippen LogP contribution in [0.3, 0.4) is 0 Å². The first-order valence-corrected chi connectivity index (χ1v) is 6.68. The lowest BCUT2D eigenvalue weighted by molar-refractivity contribution is -0.114. The van der Waals surface area contributed by atoms with Crippen molar-refractivity contribution in [2.24, 2.45) is 0 Å². The van der Waals surface area contributed by atoms with Crippen molar-refractivity contribution in [3.05, 3.63) is 47.1 Å². The number of hydrogen-bond donors (Lipinski definition) is 3. The van der Waals surface area contributed by atoms with Crippen molar-refractivity contribution in [3.8, 4) is 17.2 Å². The van der Waals surface area contributed by atoms with Gasteiger partial charge in [0, 0.05) is 24.2 Å². The minimum absolute atomic E-state index is 0.140. The fourth-order valence-electron chi connectivity index (χ4n) is 2.04. The molecule has 116 valence electrons. The molecule has 1 amide bonds. The smallest absolute Gasteiger partial charge is 0.349 e. The number of aromatic amines is 1. The molecule has 3 rings (SSSR count). The highest BCUT2D eigenvalue weighted by atomic mass is 16.1. The molecule has 9 nitrogen and oxygen atoms in total. The van der Waals surface area contributed by atoms with E-state index < -0.39 is 5.69 Å². The lowest BCUT2D eigenvalue weighted by Crippen LogP contribution is -2.16. The Morgan fingerprint density at radius 2 is 2.00 bits per heavy atom. The highest BCUT2D eigenvalue weighted by Crippen LogP contribution is 2.23. The molecule has 0 aliphatic heterocycles. The van der Waals surface area contributed by atoms with Crippen LogP contribution in [0.5, 0.6) is 0 Å². The molecular weight excluding hydrogens is 298 g/mol. The Balaban J connectivity index is 1.94. The molecule has 3 aromatic rings. The SMILES string of the molecule is CC(=O)Nc1ccc(-c2cc(N)n(-c3ncnc(=O)[nH]3)n2)cc1. The van der Waals surface area contributed by atoms with Crippen molar-refractivity contribution in [1.82, 2.24) is 24.7 Å². The number of H-pyrrole nitrogens is 1. The summed E-state index contributed by atoms with van der Waals surface area (Å²) in [5, 5.41) is 7.01. The standard InChI is InChI=1S/C14H13N7O2/c1-8(22)18-10-4-2-9(3-5-10)11-6-12(15)21(20-11)13-16-7-17-14(23)19-13/h2-7H,15H2,1H3,(H,18,22)(H,16,17,19,23). The number of hydrogen-bond acceptors (Lipinski definition) is 6. The van der Waals surface area contributed by atoms with E-state index in [0.29, 0.717) is 17.2 Å². The maximum atomic E-state index is 11.3. The summed E-state index contributed by atoms with van der Waals surface area (Å²) in [7, 11) is 0. The Kier molecular flexibility index (Phi) is 3.59. The maximum absolute atomic E-state index is 11.3. The van der Waals surface area contributed by atoms with Crippen molar-refractivity contribution in [3.63, 3.8) is 0 Å². The van der Waals surface area contributed by atoms with Gasteiger partial charge in [-0.2, -0.15) is 14.8 Å². The van der Waals surface area contributed by atoms with Gasteiger partial charge in [0.25, 0.3) is 0 Å². The summed E-state index contributed by atoms with van der Waals surface area (Å²) in [6.07, 6.45) is 1.14. The lowest BCUT2D eigenvalue weighted by atomic mass is 10.1. The van der Waals surface area contributed by atoms with Gasteiger partial charge in [-0.25, -0.2) is 9.78 Å². The van der Waals surface area contributed by atoms with Crippen LogP contribution >= 0.6 is 0 Å². The van der Waals surface area contributed by atoms with Gasteiger partial charge in [0.2, 0.25) is 11.9 Å².